The molecular weight excluding hydrogens is 358 g/mol. The van der Waals surface area contributed by atoms with Crippen molar-refractivity contribution < 1.29 is 19.1 Å². The molecule has 3 aromatic rings. The molecular formula is C21H17N3O4. The minimum Gasteiger partial charge on any atom is -0.497 e. The number of methoxy groups -OCH3 is 1. The van der Waals surface area contributed by atoms with Gasteiger partial charge < -0.3 is 9.30 Å². The second-order valence-corrected chi connectivity index (χ2v) is 6.37. The van der Waals surface area contributed by atoms with Gasteiger partial charge in [-0.3, -0.25) is 14.9 Å². The molecule has 1 aliphatic rings. The van der Waals surface area contributed by atoms with E-state index >= 15 is 0 Å². The van der Waals surface area contributed by atoms with Crippen molar-refractivity contribution in [2.24, 2.45) is 7.05 Å². The number of hydrogen-bond donors (Lipinski definition) is 1. The summed E-state index contributed by atoms with van der Waals surface area (Å²) in [5.74, 6) is -0.796. The van der Waals surface area contributed by atoms with E-state index in [0.29, 0.717) is 11.4 Å². The Hall–Kier alpha value is -3.87. The molecule has 0 atom stereocenters. The first-order valence-electron chi connectivity index (χ1n) is 8.59. The summed E-state index contributed by atoms with van der Waals surface area (Å²) in [5.41, 5.74) is 1.94. The van der Waals surface area contributed by atoms with Crippen molar-refractivity contribution in [3.8, 4) is 5.75 Å². The molecule has 1 aromatic heterocycles. The van der Waals surface area contributed by atoms with E-state index in [9.17, 15) is 14.4 Å². The van der Waals surface area contributed by atoms with Gasteiger partial charge in [0.2, 0.25) is 0 Å². The van der Waals surface area contributed by atoms with Gasteiger partial charge in [-0.2, -0.15) is 0 Å². The van der Waals surface area contributed by atoms with Gasteiger partial charge in [0.15, 0.2) is 0 Å². The lowest BCUT2D eigenvalue weighted by Crippen LogP contribution is -2.54. The second-order valence-electron chi connectivity index (χ2n) is 6.37. The molecule has 4 rings (SSSR count). The molecule has 140 valence electrons. The molecule has 0 spiro atoms. The van der Waals surface area contributed by atoms with Crippen LogP contribution in [0.5, 0.6) is 5.75 Å². The number of urea groups is 1. The van der Waals surface area contributed by atoms with E-state index in [0.717, 1.165) is 21.4 Å². The Morgan fingerprint density at radius 2 is 1.71 bits per heavy atom. The van der Waals surface area contributed by atoms with Crippen molar-refractivity contribution in [2.75, 3.05) is 12.0 Å². The van der Waals surface area contributed by atoms with E-state index in [4.69, 9.17) is 4.74 Å². The summed E-state index contributed by atoms with van der Waals surface area (Å²) in [7, 11) is 3.41. The molecule has 2 aromatic carbocycles. The van der Waals surface area contributed by atoms with Gasteiger partial charge in [0.05, 0.1) is 12.8 Å². The number of fused-ring (bicyclic) bond motifs is 1. The Morgan fingerprint density at radius 1 is 1.00 bits per heavy atom. The summed E-state index contributed by atoms with van der Waals surface area (Å²) in [4.78, 5) is 38.6. The number of carbonyl (C=O) groups is 3. The number of rotatable bonds is 3. The molecule has 1 aliphatic heterocycles. The molecule has 1 fully saturated rings. The number of para-hydroxylation sites is 1. The van der Waals surface area contributed by atoms with Crippen LogP contribution in [0.3, 0.4) is 0 Å². The maximum absolute atomic E-state index is 13.0. The zero-order valence-corrected chi connectivity index (χ0v) is 15.3. The number of hydrogen-bond acceptors (Lipinski definition) is 4. The van der Waals surface area contributed by atoms with Crippen molar-refractivity contribution in [3.05, 3.63) is 65.9 Å². The van der Waals surface area contributed by atoms with Crippen LogP contribution >= 0.6 is 0 Å². The zero-order valence-electron chi connectivity index (χ0n) is 15.3. The molecule has 7 heteroatoms. The van der Waals surface area contributed by atoms with Crippen molar-refractivity contribution >= 4 is 40.5 Å². The molecule has 0 radical (unpaired) electrons. The minimum atomic E-state index is -0.782. The fraction of sp³-hybridized carbons (Fsp3) is 0.0952. The number of carbonyl (C=O) groups excluding carboxylic acids is 3. The third-order valence-corrected chi connectivity index (χ3v) is 4.66. The number of ether oxygens (including phenoxy) is 1. The Kier molecular flexibility index (Phi) is 4.19. The van der Waals surface area contributed by atoms with Crippen LogP contribution in [0.1, 0.15) is 5.56 Å². The SMILES string of the molecule is COc1ccc(N2C(=O)NC(=O)/C(=C\c3cn(C)c4ccccc34)C2=O)cc1. The number of aryl methyl sites for hydroxylation is 1. The number of benzene rings is 2. The average molecular weight is 375 g/mol. The van der Waals surface area contributed by atoms with Crippen LogP contribution < -0.4 is 15.0 Å². The van der Waals surface area contributed by atoms with Crippen LogP contribution in [0.15, 0.2) is 60.3 Å². The molecule has 4 amide bonds. The first-order valence-corrected chi connectivity index (χ1v) is 8.59. The highest BCUT2D eigenvalue weighted by atomic mass is 16.5. The molecule has 0 saturated carbocycles. The molecule has 2 heterocycles. The van der Waals surface area contributed by atoms with Gasteiger partial charge in [0.1, 0.15) is 11.3 Å². The molecule has 0 aliphatic carbocycles. The highest BCUT2D eigenvalue weighted by Gasteiger charge is 2.37. The summed E-state index contributed by atoms with van der Waals surface area (Å²) < 4.78 is 7.01. The average Bonchev–Trinajstić information content (AvgIpc) is 3.01. The summed E-state index contributed by atoms with van der Waals surface area (Å²) in [6.45, 7) is 0. The number of imide groups is 2. The lowest BCUT2D eigenvalue weighted by molar-refractivity contribution is -0.122. The van der Waals surface area contributed by atoms with Gasteiger partial charge >= 0.3 is 6.03 Å². The molecule has 1 N–H and O–H groups in total. The third-order valence-electron chi connectivity index (χ3n) is 4.66. The predicted molar refractivity (Wildman–Crippen MR) is 105 cm³/mol. The second kappa shape index (κ2) is 6.70. The summed E-state index contributed by atoms with van der Waals surface area (Å²) in [6.07, 6.45) is 3.36. The Bertz CT molecular complexity index is 1140. The largest absolute Gasteiger partial charge is 0.497 e. The molecule has 0 unspecified atom stereocenters. The normalized spacial score (nSPS) is 16.0. The molecule has 1 saturated heterocycles. The van der Waals surface area contributed by atoms with E-state index in [-0.39, 0.29) is 5.57 Å². The fourth-order valence-corrected chi connectivity index (χ4v) is 3.27. The number of amides is 4. The van der Waals surface area contributed by atoms with E-state index in [1.54, 1.807) is 24.3 Å². The topological polar surface area (TPSA) is 80.6 Å². The van der Waals surface area contributed by atoms with Crippen LogP contribution in [-0.4, -0.2) is 29.5 Å². The first-order chi connectivity index (χ1) is 13.5. The maximum atomic E-state index is 13.0. The van der Waals surface area contributed by atoms with Crippen LogP contribution in [0.25, 0.3) is 17.0 Å². The van der Waals surface area contributed by atoms with E-state index in [2.05, 4.69) is 5.32 Å². The standard InChI is InChI=1S/C21H17N3O4/c1-23-12-13(16-5-3-4-6-18(16)23)11-17-19(25)22-21(27)24(20(17)26)14-7-9-15(28-2)10-8-14/h3-12H,1-2H3,(H,22,25,27)/b17-11+. The molecule has 28 heavy (non-hydrogen) atoms. The van der Waals surface area contributed by atoms with Gasteiger partial charge in [-0.25, -0.2) is 9.69 Å². The van der Waals surface area contributed by atoms with Gasteiger partial charge in [0.25, 0.3) is 11.8 Å². The van der Waals surface area contributed by atoms with Crippen molar-refractivity contribution in [2.45, 2.75) is 0 Å². The van der Waals surface area contributed by atoms with Crippen molar-refractivity contribution in [1.82, 2.24) is 9.88 Å². The number of anilines is 1. The van der Waals surface area contributed by atoms with Crippen molar-refractivity contribution in [3.63, 3.8) is 0 Å². The monoisotopic (exact) mass is 375 g/mol. The third kappa shape index (κ3) is 2.83. The van der Waals surface area contributed by atoms with E-state index in [1.807, 2.05) is 42.1 Å². The Morgan fingerprint density at radius 3 is 2.43 bits per heavy atom. The first kappa shape index (κ1) is 17.5. The summed E-state index contributed by atoms with van der Waals surface area (Å²) >= 11 is 0. The molecule has 0 bridgehead atoms. The van der Waals surface area contributed by atoms with Crippen LogP contribution in [0, 0.1) is 0 Å². The van der Waals surface area contributed by atoms with E-state index in [1.165, 1.54) is 13.2 Å². The van der Waals surface area contributed by atoms with Crippen molar-refractivity contribution in [1.29, 1.82) is 0 Å². The number of nitrogens with zero attached hydrogens (tertiary/aromatic N) is 2. The van der Waals surface area contributed by atoms with E-state index < -0.39 is 17.8 Å². The number of aromatic nitrogens is 1. The van der Waals surface area contributed by atoms with Gasteiger partial charge in [0, 0.05) is 29.7 Å². The Balaban J connectivity index is 1.77. The van der Waals surface area contributed by atoms with Gasteiger partial charge in [-0.05, 0) is 36.4 Å². The predicted octanol–water partition coefficient (Wildman–Crippen LogP) is 2.85. The lowest BCUT2D eigenvalue weighted by atomic mass is 10.1. The minimum absolute atomic E-state index is 0.105. The Labute approximate surface area is 160 Å². The number of nitrogens with one attached hydrogen (secondary N) is 1. The zero-order chi connectivity index (χ0) is 19.8. The van der Waals surface area contributed by atoms with Gasteiger partial charge in [-0.15, -0.1) is 0 Å². The van der Waals surface area contributed by atoms with Crippen LogP contribution in [0.4, 0.5) is 10.5 Å². The smallest absolute Gasteiger partial charge is 0.335 e. The number of barbiturate groups is 1. The van der Waals surface area contributed by atoms with Gasteiger partial charge in [-0.1, -0.05) is 18.2 Å². The lowest BCUT2D eigenvalue weighted by Gasteiger charge is -2.26. The maximum Gasteiger partial charge on any atom is 0.335 e. The van der Waals surface area contributed by atoms with Crippen LogP contribution in [0.2, 0.25) is 0 Å². The molecule has 7 nitrogen and oxygen atoms in total. The highest BCUT2D eigenvalue weighted by molar-refractivity contribution is 6.39. The quantitative estimate of drug-likeness (QED) is 0.564. The highest BCUT2D eigenvalue weighted by Crippen LogP contribution is 2.27. The summed E-state index contributed by atoms with van der Waals surface area (Å²) in [6, 6.07) is 13.3. The fourth-order valence-electron chi connectivity index (χ4n) is 3.27. The van der Waals surface area contributed by atoms with Crippen LogP contribution in [-0.2, 0) is 16.6 Å². The summed E-state index contributed by atoms with van der Waals surface area (Å²) in [5, 5.41) is 3.14.